The fraction of sp³-hybridized carbons (Fsp3) is 0.200. The summed E-state index contributed by atoms with van der Waals surface area (Å²) < 4.78 is 0. The van der Waals surface area contributed by atoms with E-state index >= 15 is 0 Å². The summed E-state index contributed by atoms with van der Waals surface area (Å²) in [6, 6.07) is 7.62. The molecule has 98 valence electrons. The van der Waals surface area contributed by atoms with Gasteiger partial charge in [0.2, 0.25) is 0 Å². The van der Waals surface area contributed by atoms with Crippen molar-refractivity contribution in [2.45, 2.75) is 13.8 Å². The lowest BCUT2D eigenvalue weighted by Crippen LogP contribution is -2.27. The molecule has 0 atom stereocenters. The molecule has 0 fully saturated rings. The molecule has 19 heavy (non-hydrogen) atoms. The van der Waals surface area contributed by atoms with Crippen molar-refractivity contribution in [3.05, 3.63) is 53.3 Å². The van der Waals surface area contributed by atoms with Gasteiger partial charge in [-0.2, -0.15) is 0 Å². The molecule has 1 aromatic carbocycles. The average Bonchev–Trinajstić information content (AvgIpc) is 2.38. The molecule has 0 unspecified atom stereocenters. The first-order valence-electron chi connectivity index (χ1n) is 6.05. The van der Waals surface area contributed by atoms with Crippen molar-refractivity contribution in [3.63, 3.8) is 0 Å². The molecule has 2 rings (SSSR count). The standard InChI is InChI=1S/C15H17N3O/c1-10-4-5-14(11(2)8-10)18(3)15(19)12-6-7-17-9-13(12)16/h4-9H,16H2,1-3H3. The van der Waals surface area contributed by atoms with Gasteiger partial charge in [-0.25, -0.2) is 0 Å². The predicted molar refractivity (Wildman–Crippen MR) is 77.3 cm³/mol. The van der Waals surface area contributed by atoms with Crippen LogP contribution in [-0.2, 0) is 0 Å². The van der Waals surface area contributed by atoms with Gasteiger partial charge in [-0.15, -0.1) is 0 Å². The van der Waals surface area contributed by atoms with Crippen LogP contribution in [0.1, 0.15) is 21.5 Å². The molecule has 0 bridgehead atoms. The Kier molecular flexibility index (Phi) is 3.51. The van der Waals surface area contributed by atoms with Gasteiger partial charge in [0.25, 0.3) is 5.91 Å². The summed E-state index contributed by atoms with van der Waals surface area (Å²) >= 11 is 0. The van der Waals surface area contributed by atoms with Gasteiger partial charge in [-0.05, 0) is 31.5 Å². The summed E-state index contributed by atoms with van der Waals surface area (Å²) in [4.78, 5) is 17.9. The fourth-order valence-corrected chi connectivity index (χ4v) is 2.07. The van der Waals surface area contributed by atoms with E-state index in [-0.39, 0.29) is 5.91 Å². The van der Waals surface area contributed by atoms with Crippen molar-refractivity contribution < 1.29 is 4.79 Å². The summed E-state index contributed by atoms with van der Waals surface area (Å²) in [6.45, 7) is 4.02. The predicted octanol–water partition coefficient (Wildman–Crippen LogP) is 2.56. The molecule has 0 aliphatic heterocycles. The molecule has 0 aliphatic carbocycles. The zero-order valence-electron chi connectivity index (χ0n) is 11.3. The topological polar surface area (TPSA) is 59.2 Å². The second kappa shape index (κ2) is 5.10. The van der Waals surface area contributed by atoms with Crippen molar-refractivity contribution in [2.24, 2.45) is 0 Å². The monoisotopic (exact) mass is 255 g/mol. The number of rotatable bonds is 2. The van der Waals surface area contributed by atoms with Gasteiger partial charge in [-0.3, -0.25) is 9.78 Å². The number of aromatic nitrogens is 1. The van der Waals surface area contributed by atoms with Crippen LogP contribution in [0, 0.1) is 13.8 Å². The Labute approximate surface area is 112 Å². The lowest BCUT2D eigenvalue weighted by molar-refractivity contribution is 0.0993. The second-order valence-electron chi connectivity index (χ2n) is 4.62. The van der Waals surface area contributed by atoms with Crippen LogP contribution < -0.4 is 10.6 Å². The van der Waals surface area contributed by atoms with Crippen LogP contribution in [0.2, 0.25) is 0 Å². The third-order valence-corrected chi connectivity index (χ3v) is 3.10. The van der Waals surface area contributed by atoms with Crippen molar-refractivity contribution in [2.75, 3.05) is 17.7 Å². The zero-order valence-corrected chi connectivity index (χ0v) is 11.3. The van der Waals surface area contributed by atoms with Crippen molar-refractivity contribution in [1.82, 2.24) is 4.98 Å². The first-order chi connectivity index (χ1) is 9.00. The molecular weight excluding hydrogens is 238 g/mol. The van der Waals surface area contributed by atoms with E-state index < -0.39 is 0 Å². The van der Waals surface area contributed by atoms with E-state index in [0.717, 1.165) is 11.3 Å². The lowest BCUT2D eigenvalue weighted by atomic mass is 10.1. The van der Waals surface area contributed by atoms with E-state index in [1.54, 1.807) is 24.2 Å². The summed E-state index contributed by atoms with van der Waals surface area (Å²) in [6.07, 6.45) is 3.06. The van der Waals surface area contributed by atoms with Crippen LogP contribution in [0.15, 0.2) is 36.7 Å². The Morgan fingerprint density at radius 1 is 1.26 bits per heavy atom. The number of carbonyl (C=O) groups is 1. The van der Waals surface area contributed by atoms with E-state index in [1.807, 2.05) is 26.0 Å². The lowest BCUT2D eigenvalue weighted by Gasteiger charge is -2.20. The van der Waals surface area contributed by atoms with Crippen LogP contribution in [0.5, 0.6) is 0 Å². The number of benzene rings is 1. The van der Waals surface area contributed by atoms with Gasteiger partial charge in [0.15, 0.2) is 0 Å². The number of anilines is 2. The maximum atomic E-state index is 12.4. The smallest absolute Gasteiger partial charge is 0.260 e. The summed E-state index contributed by atoms with van der Waals surface area (Å²) in [5, 5.41) is 0. The quantitative estimate of drug-likeness (QED) is 0.897. The second-order valence-corrected chi connectivity index (χ2v) is 4.62. The molecule has 0 radical (unpaired) electrons. The molecular formula is C15H17N3O. The summed E-state index contributed by atoms with van der Waals surface area (Å²) in [5.74, 6) is -0.133. The van der Waals surface area contributed by atoms with Crippen LogP contribution in [0.25, 0.3) is 0 Å². The van der Waals surface area contributed by atoms with Gasteiger partial charge in [0, 0.05) is 18.9 Å². The highest BCUT2D eigenvalue weighted by Crippen LogP contribution is 2.22. The molecule has 0 saturated carbocycles. The van der Waals surface area contributed by atoms with E-state index in [4.69, 9.17) is 5.73 Å². The molecule has 0 saturated heterocycles. The van der Waals surface area contributed by atoms with Gasteiger partial charge >= 0.3 is 0 Å². The van der Waals surface area contributed by atoms with E-state index in [1.165, 1.54) is 11.8 Å². The highest BCUT2D eigenvalue weighted by molar-refractivity contribution is 6.09. The fourth-order valence-electron chi connectivity index (χ4n) is 2.07. The molecule has 4 heteroatoms. The van der Waals surface area contributed by atoms with Gasteiger partial charge in [0.05, 0.1) is 17.4 Å². The summed E-state index contributed by atoms with van der Waals surface area (Å²) in [5.41, 5.74) is 9.76. The minimum absolute atomic E-state index is 0.133. The zero-order chi connectivity index (χ0) is 14.0. The third kappa shape index (κ3) is 2.57. The van der Waals surface area contributed by atoms with Gasteiger partial charge in [-0.1, -0.05) is 17.7 Å². The Hall–Kier alpha value is -2.36. The molecule has 0 aliphatic rings. The maximum absolute atomic E-state index is 12.4. The Balaban J connectivity index is 2.37. The number of amides is 1. The maximum Gasteiger partial charge on any atom is 0.260 e. The Morgan fingerprint density at radius 3 is 2.63 bits per heavy atom. The van der Waals surface area contributed by atoms with Crippen LogP contribution in [0.4, 0.5) is 11.4 Å². The first-order valence-corrected chi connectivity index (χ1v) is 6.05. The number of aryl methyl sites for hydroxylation is 2. The molecule has 1 heterocycles. The molecule has 2 aromatic rings. The minimum Gasteiger partial charge on any atom is -0.397 e. The SMILES string of the molecule is Cc1ccc(N(C)C(=O)c2ccncc2N)c(C)c1. The van der Waals surface area contributed by atoms with Crippen LogP contribution >= 0.6 is 0 Å². The molecule has 0 spiro atoms. The molecule has 1 amide bonds. The average molecular weight is 255 g/mol. The number of nitrogens with two attached hydrogens (primary N) is 1. The van der Waals surface area contributed by atoms with E-state index in [9.17, 15) is 4.79 Å². The minimum atomic E-state index is -0.133. The van der Waals surface area contributed by atoms with Crippen molar-refractivity contribution in [3.8, 4) is 0 Å². The number of carbonyl (C=O) groups excluding carboxylic acids is 1. The molecule has 4 nitrogen and oxygen atoms in total. The largest absolute Gasteiger partial charge is 0.397 e. The number of nitrogens with zero attached hydrogens (tertiary/aromatic N) is 2. The molecule has 1 aromatic heterocycles. The third-order valence-electron chi connectivity index (χ3n) is 3.10. The van der Waals surface area contributed by atoms with E-state index in [2.05, 4.69) is 11.1 Å². The number of hydrogen-bond acceptors (Lipinski definition) is 3. The highest BCUT2D eigenvalue weighted by Gasteiger charge is 2.17. The highest BCUT2D eigenvalue weighted by atomic mass is 16.2. The number of nitrogen functional groups attached to an aromatic ring is 1. The van der Waals surface area contributed by atoms with E-state index in [0.29, 0.717) is 11.3 Å². The van der Waals surface area contributed by atoms with Crippen molar-refractivity contribution in [1.29, 1.82) is 0 Å². The van der Waals surface area contributed by atoms with Gasteiger partial charge in [0.1, 0.15) is 0 Å². The first kappa shape index (κ1) is 13.1. The summed E-state index contributed by atoms with van der Waals surface area (Å²) in [7, 11) is 1.75. The number of pyridine rings is 1. The van der Waals surface area contributed by atoms with Crippen LogP contribution in [-0.4, -0.2) is 17.9 Å². The Bertz CT molecular complexity index is 623. The molecule has 2 N–H and O–H groups in total. The van der Waals surface area contributed by atoms with Crippen LogP contribution in [0.3, 0.4) is 0 Å². The van der Waals surface area contributed by atoms with Crippen molar-refractivity contribution >= 4 is 17.3 Å². The number of hydrogen-bond donors (Lipinski definition) is 1. The van der Waals surface area contributed by atoms with Gasteiger partial charge < -0.3 is 10.6 Å². The normalized spacial score (nSPS) is 10.3. The Morgan fingerprint density at radius 2 is 2.00 bits per heavy atom.